The highest BCUT2D eigenvalue weighted by atomic mass is 32.1. The van der Waals surface area contributed by atoms with Crippen LogP contribution in [0.4, 0.5) is 0 Å². The number of hydrogen-bond donors (Lipinski definition) is 0. The smallest absolute Gasteiger partial charge is 0.258 e. The molecule has 0 bridgehead atoms. The largest absolute Gasteiger partial charge is 0.380 e. The van der Waals surface area contributed by atoms with Gasteiger partial charge in [-0.15, -0.1) is 11.3 Å². The van der Waals surface area contributed by atoms with E-state index in [2.05, 4.69) is 11.4 Å². The fourth-order valence-electron chi connectivity index (χ4n) is 3.27. The highest BCUT2D eigenvalue weighted by Gasteiger charge is 2.23. The Bertz CT molecular complexity index is 909. The van der Waals surface area contributed by atoms with Crippen molar-refractivity contribution in [3.63, 3.8) is 0 Å². The molecule has 116 valence electrons. The highest BCUT2D eigenvalue weighted by Crippen LogP contribution is 2.36. The summed E-state index contributed by atoms with van der Waals surface area (Å²) in [5, 5.41) is 2.10. The molecule has 23 heavy (non-hydrogen) atoms. The zero-order chi connectivity index (χ0) is 15.8. The quantitative estimate of drug-likeness (QED) is 0.731. The van der Waals surface area contributed by atoms with Crippen molar-refractivity contribution in [2.24, 2.45) is 0 Å². The lowest BCUT2D eigenvalue weighted by atomic mass is 9.98. The van der Waals surface area contributed by atoms with Gasteiger partial charge in [-0.3, -0.25) is 4.79 Å². The summed E-state index contributed by atoms with van der Waals surface area (Å²) < 4.78 is 7.33. The summed E-state index contributed by atoms with van der Waals surface area (Å²) >= 11 is 1.70. The second-order valence-corrected chi connectivity index (χ2v) is 6.63. The first-order valence-electron chi connectivity index (χ1n) is 7.67. The molecule has 2 aromatic heterocycles. The molecular formula is C19H17NO2S. The minimum absolute atomic E-state index is 0.0881. The van der Waals surface area contributed by atoms with Crippen LogP contribution in [0.2, 0.25) is 0 Å². The van der Waals surface area contributed by atoms with E-state index < -0.39 is 0 Å². The molecule has 1 aliphatic rings. The summed E-state index contributed by atoms with van der Waals surface area (Å²) in [6, 6.07) is 14.0. The molecule has 4 rings (SSSR count). The first-order chi connectivity index (χ1) is 11.3. The average molecular weight is 323 g/mol. The monoisotopic (exact) mass is 323 g/mol. The van der Waals surface area contributed by atoms with Gasteiger partial charge in [-0.2, -0.15) is 0 Å². The van der Waals surface area contributed by atoms with Gasteiger partial charge in [-0.05, 0) is 35.1 Å². The number of fused-ring (bicyclic) bond motifs is 3. The van der Waals surface area contributed by atoms with Crippen LogP contribution in [0.25, 0.3) is 21.7 Å². The molecule has 0 saturated carbocycles. The molecule has 4 heteroatoms. The van der Waals surface area contributed by atoms with E-state index in [-0.39, 0.29) is 5.56 Å². The molecule has 3 aromatic rings. The van der Waals surface area contributed by atoms with Gasteiger partial charge >= 0.3 is 0 Å². The number of pyridine rings is 1. The molecule has 3 heterocycles. The number of aromatic nitrogens is 1. The van der Waals surface area contributed by atoms with Crippen LogP contribution < -0.4 is 5.56 Å². The minimum atomic E-state index is 0.0881. The molecule has 0 unspecified atom stereocenters. The zero-order valence-electron chi connectivity index (χ0n) is 12.9. The molecule has 0 fully saturated rings. The number of ether oxygens (including phenoxy) is 1. The van der Waals surface area contributed by atoms with Crippen molar-refractivity contribution in [2.75, 3.05) is 7.11 Å². The Kier molecular flexibility index (Phi) is 3.63. The molecule has 0 saturated heterocycles. The molecule has 0 aliphatic carbocycles. The average Bonchev–Trinajstić information content (AvgIpc) is 3.06. The van der Waals surface area contributed by atoms with Crippen LogP contribution in [0.5, 0.6) is 0 Å². The van der Waals surface area contributed by atoms with Gasteiger partial charge in [0.1, 0.15) is 0 Å². The highest BCUT2D eigenvalue weighted by molar-refractivity contribution is 7.13. The summed E-state index contributed by atoms with van der Waals surface area (Å²) in [6.07, 6.45) is 0.913. The normalized spacial score (nSPS) is 12.7. The second kappa shape index (κ2) is 5.80. The molecule has 1 aromatic carbocycles. The maximum atomic E-state index is 13.0. The standard InChI is InChI=1S/C19H17NO2S/c1-22-12-15-11-16(13-5-3-2-4-6-13)19(21)20-9-7-14-8-10-23-18(14)17(15)20/h2-6,8,10-11H,7,9,12H2,1H3. The van der Waals surface area contributed by atoms with E-state index in [1.165, 1.54) is 10.4 Å². The Morgan fingerprint density at radius 1 is 1.22 bits per heavy atom. The van der Waals surface area contributed by atoms with Gasteiger partial charge in [0.2, 0.25) is 0 Å². The number of hydrogen-bond acceptors (Lipinski definition) is 3. The van der Waals surface area contributed by atoms with Crippen LogP contribution in [-0.4, -0.2) is 11.7 Å². The number of thiophene rings is 1. The van der Waals surface area contributed by atoms with E-state index in [4.69, 9.17) is 4.74 Å². The van der Waals surface area contributed by atoms with Crippen LogP contribution in [0.15, 0.2) is 52.6 Å². The van der Waals surface area contributed by atoms with E-state index in [1.807, 2.05) is 41.0 Å². The summed E-state index contributed by atoms with van der Waals surface area (Å²) in [4.78, 5) is 14.2. The van der Waals surface area contributed by atoms with Crippen molar-refractivity contribution in [3.05, 3.63) is 69.3 Å². The molecule has 0 atom stereocenters. The Labute approximate surface area is 138 Å². The van der Waals surface area contributed by atoms with Gasteiger partial charge < -0.3 is 9.30 Å². The maximum absolute atomic E-state index is 13.0. The Hall–Kier alpha value is -2.17. The molecule has 0 N–H and O–H groups in total. The third kappa shape index (κ3) is 2.35. The molecule has 1 aliphatic heterocycles. The van der Waals surface area contributed by atoms with E-state index >= 15 is 0 Å². The predicted molar refractivity (Wildman–Crippen MR) is 93.9 cm³/mol. The Morgan fingerprint density at radius 2 is 2.04 bits per heavy atom. The third-order valence-electron chi connectivity index (χ3n) is 4.32. The number of benzene rings is 1. The number of nitrogens with zero attached hydrogens (tertiary/aromatic N) is 1. The summed E-state index contributed by atoms with van der Waals surface area (Å²) in [6.45, 7) is 1.24. The first-order valence-corrected chi connectivity index (χ1v) is 8.55. The van der Waals surface area contributed by atoms with Gasteiger partial charge in [-0.25, -0.2) is 0 Å². The van der Waals surface area contributed by atoms with E-state index in [9.17, 15) is 4.79 Å². The van der Waals surface area contributed by atoms with Gasteiger partial charge in [-0.1, -0.05) is 30.3 Å². The Balaban J connectivity index is 2.01. The first kappa shape index (κ1) is 14.4. The lowest BCUT2D eigenvalue weighted by molar-refractivity contribution is 0.184. The van der Waals surface area contributed by atoms with Crippen molar-refractivity contribution in [2.45, 2.75) is 19.6 Å². The van der Waals surface area contributed by atoms with Crippen molar-refractivity contribution < 1.29 is 4.74 Å². The van der Waals surface area contributed by atoms with E-state index in [0.717, 1.165) is 35.3 Å². The SMILES string of the molecule is COCc1cc(-c2ccccc2)c(=O)n2c1-c1sccc1CC2. The minimum Gasteiger partial charge on any atom is -0.380 e. The van der Waals surface area contributed by atoms with Gasteiger partial charge in [0.05, 0.1) is 17.2 Å². The van der Waals surface area contributed by atoms with Crippen LogP contribution >= 0.6 is 11.3 Å². The van der Waals surface area contributed by atoms with Crippen LogP contribution in [0.1, 0.15) is 11.1 Å². The van der Waals surface area contributed by atoms with Crippen LogP contribution in [-0.2, 0) is 24.3 Å². The summed E-state index contributed by atoms with van der Waals surface area (Å²) in [7, 11) is 1.70. The molecular weight excluding hydrogens is 306 g/mol. The van der Waals surface area contributed by atoms with E-state index in [0.29, 0.717) is 6.61 Å². The Morgan fingerprint density at radius 3 is 2.83 bits per heavy atom. The van der Waals surface area contributed by atoms with Crippen molar-refractivity contribution in [1.82, 2.24) is 4.57 Å². The van der Waals surface area contributed by atoms with Crippen molar-refractivity contribution in [3.8, 4) is 21.7 Å². The molecule has 0 radical (unpaired) electrons. The van der Waals surface area contributed by atoms with Crippen LogP contribution in [0.3, 0.4) is 0 Å². The third-order valence-corrected chi connectivity index (χ3v) is 5.28. The summed E-state index contributed by atoms with van der Waals surface area (Å²) in [5.74, 6) is 0. The molecule has 3 nitrogen and oxygen atoms in total. The van der Waals surface area contributed by atoms with Crippen molar-refractivity contribution >= 4 is 11.3 Å². The van der Waals surface area contributed by atoms with E-state index in [1.54, 1.807) is 18.4 Å². The lowest BCUT2D eigenvalue weighted by Crippen LogP contribution is -2.28. The van der Waals surface area contributed by atoms with Gasteiger partial charge in [0, 0.05) is 24.8 Å². The predicted octanol–water partition coefficient (Wildman–Crippen LogP) is 3.95. The van der Waals surface area contributed by atoms with Gasteiger partial charge in [0.15, 0.2) is 0 Å². The maximum Gasteiger partial charge on any atom is 0.258 e. The number of rotatable bonds is 3. The van der Waals surface area contributed by atoms with Gasteiger partial charge in [0.25, 0.3) is 5.56 Å². The lowest BCUT2D eigenvalue weighted by Gasteiger charge is -2.23. The van der Waals surface area contributed by atoms with Crippen molar-refractivity contribution in [1.29, 1.82) is 0 Å². The number of methoxy groups -OCH3 is 1. The van der Waals surface area contributed by atoms with Crippen LogP contribution in [0, 0.1) is 0 Å². The number of aryl methyl sites for hydroxylation is 1. The topological polar surface area (TPSA) is 31.2 Å². The second-order valence-electron chi connectivity index (χ2n) is 5.71. The fourth-order valence-corrected chi connectivity index (χ4v) is 4.31. The fraction of sp³-hybridized carbons (Fsp3) is 0.211. The zero-order valence-corrected chi connectivity index (χ0v) is 13.7. The molecule has 0 spiro atoms. The molecule has 0 amide bonds. The summed E-state index contributed by atoms with van der Waals surface area (Å²) in [5.41, 5.74) is 5.25.